The highest BCUT2D eigenvalue weighted by Gasteiger charge is 2.52. The summed E-state index contributed by atoms with van der Waals surface area (Å²) in [5, 5.41) is 17.9. The van der Waals surface area contributed by atoms with Gasteiger partial charge in [-0.25, -0.2) is 0 Å². The molecule has 0 aliphatic heterocycles. The van der Waals surface area contributed by atoms with E-state index < -0.39 is 23.1 Å². The van der Waals surface area contributed by atoms with Crippen LogP contribution in [0.1, 0.15) is 27.7 Å². The Bertz CT molecular complexity index is 355. The summed E-state index contributed by atoms with van der Waals surface area (Å²) in [5.74, 6) is -1.48. The molecule has 0 N–H and O–H groups in total. The van der Waals surface area contributed by atoms with E-state index in [9.17, 15) is 9.59 Å². The first-order valence-electron chi connectivity index (χ1n) is 4.42. The van der Waals surface area contributed by atoms with Crippen LogP contribution in [0.3, 0.4) is 0 Å². The van der Waals surface area contributed by atoms with Gasteiger partial charge in [0, 0.05) is 13.8 Å². The van der Waals surface area contributed by atoms with Crippen molar-refractivity contribution >= 4 is 11.9 Å². The van der Waals surface area contributed by atoms with Gasteiger partial charge in [0.2, 0.25) is 11.2 Å². The summed E-state index contributed by atoms with van der Waals surface area (Å²) in [6.07, 6.45) is 0. The van der Waals surface area contributed by atoms with E-state index in [1.807, 2.05) is 0 Å². The predicted octanol–water partition coefficient (Wildman–Crippen LogP) is 0.677. The Kier molecular flexibility index (Phi) is 4.02. The number of ether oxygens (including phenoxy) is 2. The second-order valence-corrected chi connectivity index (χ2v) is 3.48. The highest BCUT2D eigenvalue weighted by atomic mass is 16.6. The molecule has 0 aliphatic carbocycles. The molecule has 0 aliphatic rings. The third-order valence-electron chi connectivity index (χ3n) is 2.03. The standard InChI is InChI=1S/C10H12N2O4/c1-7(13)15-9(3,5-11)10(4,6-12)16-8(2)14/h1-4H3/t9-,10-/m0/s1. The van der Waals surface area contributed by atoms with Crippen molar-refractivity contribution in [3.63, 3.8) is 0 Å². The monoisotopic (exact) mass is 224 g/mol. The summed E-state index contributed by atoms with van der Waals surface area (Å²) in [6.45, 7) is 4.61. The molecular weight excluding hydrogens is 212 g/mol. The number of rotatable bonds is 3. The second-order valence-electron chi connectivity index (χ2n) is 3.48. The minimum Gasteiger partial charge on any atom is -0.439 e. The zero-order valence-electron chi connectivity index (χ0n) is 9.53. The number of nitriles is 2. The number of esters is 2. The lowest BCUT2D eigenvalue weighted by Gasteiger charge is -2.33. The normalized spacial score (nSPS) is 16.9. The van der Waals surface area contributed by atoms with Crippen molar-refractivity contribution in [2.45, 2.75) is 38.9 Å². The van der Waals surface area contributed by atoms with Crippen LogP contribution >= 0.6 is 0 Å². The topological polar surface area (TPSA) is 100 Å². The van der Waals surface area contributed by atoms with E-state index in [0.717, 1.165) is 13.8 Å². The molecule has 0 saturated heterocycles. The van der Waals surface area contributed by atoms with E-state index in [0.29, 0.717) is 0 Å². The number of hydrogen-bond donors (Lipinski definition) is 0. The highest BCUT2D eigenvalue weighted by molar-refractivity contribution is 5.69. The smallest absolute Gasteiger partial charge is 0.304 e. The molecule has 0 aromatic rings. The van der Waals surface area contributed by atoms with E-state index in [1.54, 1.807) is 12.1 Å². The van der Waals surface area contributed by atoms with Crippen LogP contribution in [0.2, 0.25) is 0 Å². The highest BCUT2D eigenvalue weighted by Crippen LogP contribution is 2.29. The molecule has 0 radical (unpaired) electrons. The minimum atomic E-state index is -1.85. The third kappa shape index (κ3) is 2.71. The molecule has 2 atom stereocenters. The molecule has 0 heterocycles. The van der Waals surface area contributed by atoms with Crippen LogP contribution in [0.15, 0.2) is 0 Å². The van der Waals surface area contributed by atoms with Gasteiger partial charge in [-0.1, -0.05) is 0 Å². The van der Waals surface area contributed by atoms with Gasteiger partial charge in [0.1, 0.15) is 12.1 Å². The molecule has 0 fully saturated rings. The molecule has 0 aromatic carbocycles. The van der Waals surface area contributed by atoms with E-state index in [-0.39, 0.29) is 0 Å². The molecule has 16 heavy (non-hydrogen) atoms. The fourth-order valence-corrected chi connectivity index (χ4v) is 1.03. The first-order chi connectivity index (χ1) is 7.20. The molecule has 0 rings (SSSR count). The lowest BCUT2D eigenvalue weighted by atomic mass is 9.88. The Balaban J connectivity index is 5.34. The molecule has 0 amide bonds. The van der Waals surface area contributed by atoms with Crippen LogP contribution in [0, 0.1) is 22.7 Å². The molecule has 0 bridgehead atoms. The Morgan fingerprint density at radius 3 is 1.31 bits per heavy atom. The summed E-state index contributed by atoms with van der Waals surface area (Å²) in [5.41, 5.74) is -3.70. The molecule has 0 spiro atoms. The zero-order chi connectivity index (χ0) is 13.0. The Morgan fingerprint density at radius 2 is 1.19 bits per heavy atom. The van der Waals surface area contributed by atoms with Crippen LogP contribution in [-0.2, 0) is 19.1 Å². The van der Waals surface area contributed by atoms with Gasteiger partial charge in [0.05, 0.1) is 0 Å². The summed E-state index contributed by atoms with van der Waals surface area (Å²) in [4.78, 5) is 21.7. The molecule has 0 saturated carbocycles. The van der Waals surface area contributed by atoms with Gasteiger partial charge in [-0.15, -0.1) is 0 Å². The summed E-state index contributed by atoms with van der Waals surface area (Å²) < 4.78 is 9.49. The molecule has 6 heteroatoms. The van der Waals surface area contributed by atoms with Gasteiger partial charge in [-0.2, -0.15) is 10.5 Å². The average Bonchev–Trinajstić information content (AvgIpc) is 2.15. The maximum atomic E-state index is 10.8. The van der Waals surface area contributed by atoms with E-state index in [2.05, 4.69) is 0 Å². The summed E-state index contributed by atoms with van der Waals surface area (Å²) in [7, 11) is 0. The number of nitrogens with zero attached hydrogens (tertiary/aromatic N) is 2. The van der Waals surface area contributed by atoms with Gasteiger partial charge >= 0.3 is 11.9 Å². The largest absolute Gasteiger partial charge is 0.439 e. The fourth-order valence-electron chi connectivity index (χ4n) is 1.03. The quantitative estimate of drug-likeness (QED) is 0.653. The SMILES string of the molecule is CC(=O)O[C@@](C)(C#N)[C@](C)(C#N)OC(C)=O. The molecule has 6 nitrogen and oxygen atoms in total. The fraction of sp³-hybridized carbons (Fsp3) is 0.600. The maximum Gasteiger partial charge on any atom is 0.304 e. The van der Waals surface area contributed by atoms with Gasteiger partial charge < -0.3 is 9.47 Å². The van der Waals surface area contributed by atoms with Crippen molar-refractivity contribution in [2.24, 2.45) is 0 Å². The van der Waals surface area contributed by atoms with E-state index >= 15 is 0 Å². The van der Waals surface area contributed by atoms with Crippen molar-refractivity contribution < 1.29 is 19.1 Å². The molecule has 0 aromatic heterocycles. The van der Waals surface area contributed by atoms with Crippen LogP contribution in [0.5, 0.6) is 0 Å². The van der Waals surface area contributed by atoms with Gasteiger partial charge in [-0.3, -0.25) is 9.59 Å². The van der Waals surface area contributed by atoms with Gasteiger partial charge in [0.25, 0.3) is 0 Å². The summed E-state index contributed by atoms with van der Waals surface area (Å²) >= 11 is 0. The van der Waals surface area contributed by atoms with Crippen LogP contribution < -0.4 is 0 Å². The third-order valence-corrected chi connectivity index (χ3v) is 2.03. The van der Waals surface area contributed by atoms with E-state index in [4.69, 9.17) is 20.0 Å². The predicted molar refractivity (Wildman–Crippen MR) is 51.6 cm³/mol. The van der Waals surface area contributed by atoms with Crippen molar-refractivity contribution in [1.29, 1.82) is 10.5 Å². The van der Waals surface area contributed by atoms with Gasteiger partial charge in [-0.05, 0) is 13.8 Å². The second kappa shape index (κ2) is 4.63. The van der Waals surface area contributed by atoms with Gasteiger partial charge in [0.15, 0.2) is 0 Å². The lowest BCUT2D eigenvalue weighted by Crippen LogP contribution is -2.53. The van der Waals surface area contributed by atoms with E-state index in [1.165, 1.54) is 13.8 Å². The zero-order valence-corrected chi connectivity index (χ0v) is 9.53. The minimum absolute atomic E-state index is 0.738. The number of hydrogen-bond acceptors (Lipinski definition) is 6. The van der Waals surface area contributed by atoms with Crippen molar-refractivity contribution in [3.8, 4) is 12.1 Å². The Hall–Kier alpha value is -2.08. The number of carbonyl (C=O) groups is 2. The first-order valence-corrected chi connectivity index (χ1v) is 4.42. The van der Waals surface area contributed by atoms with Crippen molar-refractivity contribution in [3.05, 3.63) is 0 Å². The molecule has 86 valence electrons. The molecular formula is C10H12N2O4. The average molecular weight is 224 g/mol. The maximum absolute atomic E-state index is 10.8. The Labute approximate surface area is 93.4 Å². The van der Waals surface area contributed by atoms with Crippen LogP contribution in [0.25, 0.3) is 0 Å². The first kappa shape index (κ1) is 13.9. The molecule has 0 unspecified atom stereocenters. The number of carbonyl (C=O) groups excluding carboxylic acids is 2. The van der Waals surface area contributed by atoms with Crippen molar-refractivity contribution in [1.82, 2.24) is 0 Å². The van der Waals surface area contributed by atoms with Crippen LogP contribution in [0.4, 0.5) is 0 Å². The Morgan fingerprint density at radius 1 is 0.938 bits per heavy atom. The lowest BCUT2D eigenvalue weighted by molar-refractivity contribution is -0.181. The summed E-state index contributed by atoms with van der Waals surface area (Å²) in [6, 6.07) is 3.33. The van der Waals surface area contributed by atoms with Crippen LogP contribution in [-0.4, -0.2) is 23.1 Å². The van der Waals surface area contributed by atoms with Crippen molar-refractivity contribution in [2.75, 3.05) is 0 Å².